The molecule has 0 fully saturated rings. The number of allylic oxidation sites excluding steroid dienone is 22. The number of rotatable bonds is 61. The van der Waals surface area contributed by atoms with E-state index in [1.807, 2.05) is 21.1 Å². The highest BCUT2D eigenvalue weighted by Gasteiger charge is 2.22. The van der Waals surface area contributed by atoms with E-state index in [9.17, 15) is 19.0 Å². The number of esters is 2. The monoisotopic (exact) mass is 1190 g/mol. The second-order valence-electron chi connectivity index (χ2n) is 23.5. The largest absolute Gasteiger partial charge is 0.756 e. The van der Waals surface area contributed by atoms with E-state index in [4.69, 9.17) is 18.5 Å². The van der Waals surface area contributed by atoms with Gasteiger partial charge in [-0.15, -0.1) is 0 Å². The Balaban J connectivity index is 4.15. The van der Waals surface area contributed by atoms with Gasteiger partial charge < -0.3 is 27.9 Å². The number of nitrogens with zero attached hydrogens (tertiary/aromatic N) is 1. The summed E-state index contributed by atoms with van der Waals surface area (Å²) in [5.41, 5.74) is 0. The van der Waals surface area contributed by atoms with Gasteiger partial charge >= 0.3 is 11.9 Å². The number of quaternary nitrogens is 1. The van der Waals surface area contributed by atoms with E-state index in [1.165, 1.54) is 122 Å². The first-order valence-corrected chi connectivity index (χ1v) is 35.4. The number of carbonyl (C=O) groups is 2. The van der Waals surface area contributed by atoms with Crippen molar-refractivity contribution in [3.05, 3.63) is 134 Å². The predicted octanol–water partition coefficient (Wildman–Crippen LogP) is 21.4. The van der Waals surface area contributed by atoms with Gasteiger partial charge in [0.25, 0.3) is 7.82 Å². The fourth-order valence-corrected chi connectivity index (χ4v) is 9.70. The number of ether oxygens (including phenoxy) is 2. The summed E-state index contributed by atoms with van der Waals surface area (Å²) >= 11 is 0. The number of phosphoric ester groups is 1. The molecule has 0 aromatic heterocycles. The molecule has 0 amide bonds. The zero-order valence-corrected chi connectivity index (χ0v) is 55.4. The summed E-state index contributed by atoms with van der Waals surface area (Å²) in [5.74, 6) is -0.850. The Morgan fingerprint density at radius 2 is 0.679 bits per heavy atom. The Kier molecular flexibility index (Phi) is 60.7. The molecule has 0 spiro atoms. The zero-order chi connectivity index (χ0) is 61.2. The van der Waals surface area contributed by atoms with E-state index >= 15 is 0 Å². The molecular formula is C74H126NO8P. The summed E-state index contributed by atoms with van der Waals surface area (Å²) in [7, 11) is 1.15. The Morgan fingerprint density at radius 3 is 1.01 bits per heavy atom. The average Bonchev–Trinajstić information content (AvgIpc) is 3.61. The molecule has 2 atom stereocenters. The molecule has 10 heteroatoms. The van der Waals surface area contributed by atoms with Crippen LogP contribution in [-0.4, -0.2) is 70.0 Å². The van der Waals surface area contributed by atoms with Crippen LogP contribution in [0.15, 0.2) is 134 Å². The van der Waals surface area contributed by atoms with Crippen LogP contribution >= 0.6 is 7.82 Å². The van der Waals surface area contributed by atoms with Gasteiger partial charge in [0, 0.05) is 12.8 Å². The molecule has 0 aliphatic carbocycles. The maximum Gasteiger partial charge on any atom is 0.306 e. The van der Waals surface area contributed by atoms with Crippen LogP contribution in [0.5, 0.6) is 0 Å². The van der Waals surface area contributed by atoms with Gasteiger partial charge in [0.2, 0.25) is 0 Å². The van der Waals surface area contributed by atoms with Gasteiger partial charge in [-0.1, -0.05) is 276 Å². The minimum atomic E-state index is -4.65. The van der Waals surface area contributed by atoms with Crippen molar-refractivity contribution in [1.29, 1.82) is 0 Å². The molecule has 480 valence electrons. The molecule has 0 bridgehead atoms. The molecule has 9 nitrogen and oxygen atoms in total. The molecule has 0 aliphatic rings. The maximum absolute atomic E-state index is 12.9. The highest BCUT2D eigenvalue weighted by Crippen LogP contribution is 2.38. The fraction of sp³-hybridized carbons (Fsp3) is 0.676. The summed E-state index contributed by atoms with van der Waals surface area (Å²) in [6.07, 6.45) is 92.3. The van der Waals surface area contributed by atoms with E-state index in [1.54, 1.807) is 0 Å². The zero-order valence-electron chi connectivity index (χ0n) is 54.6. The summed E-state index contributed by atoms with van der Waals surface area (Å²) in [4.78, 5) is 38.0. The number of hydrogen-bond acceptors (Lipinski definition) is 8. The Morgan fingerprint density at radius 1 is 0.381 bits per heavy atom. The minimum absolute atomic E-state index is 0.0395. The third-order valence-electron chi connectivity index (χ3n) is 14.2. The normalized spacial score (nSPS) is 14.0. The van der Waals surface area contributed by atoms with Crippen LogP contribution < -0.4 is 4.89 Å². The van der Waals surface area contributed by atoms with Gasteiger partial charge in [-0.3, -0.25) is 14.2 Å². The van der Waals surface area contributed by atoms with Crippen LogP contribution in [0, 0.1) is 0 Å². The number of likely N-dealkylation sites (N-methyl/N-ethyl adjacent to an activating group) is 1. The smallest absolute Gasteiger partial charge is 0.306 e. The van der Waals surface area contributed by atoms with Crippen molar-refractivity contribution >= 4 is 19.8 Å². The third-order valence-corrected chi connectivity index (χ3v) is 15.1. The minimum Gasteiger partial charge on any atom is -0.756 e. The molecule has 0 N–H and O–H groups in total. The molecular weight excluding hydrogens is 1060 g/mol. The van der Waals surface area contributed by atoms with Gasteiger partial charge in [0.15, 0.2) is 6.10 Å². The van der Waals surface area contributed by atoms with Crippen molar-refractivity contribution < 1.29 is 42.1 Å². The number of carbonyl (C=O) groups excluding carboxylic acids is 2. The van der Waals surface area contributed by atoms with Crippen LogP contribution in [0.2, 0.25) is 0 Å². The highest BCUT2D eigenvalue weighted by molar-refractivity contribution is 7.45. The van der Waals surface area contributed by atoms with Crippen molar-refractivity contribution in [3.8, 4) is 0 Å². The van der Waals surface area contributed by atoms with Crippen molar-refractivity contribution in [3.63, 3.8) is 0 Å². The second kappa shape index (κ2) is 63.6. The summed E-state index contributed by atoms with van der Waals surface area (Å²) in [5, 5.41) is 0. The van der Waals surface area contributed by atoms with Gasteiger partial charge in [-0.25, -0.2) is 0 Å². The van der Waals surface area contributed by atoms with Gasteiger partial charge in [0.1, 0.15) is 19.8 Å². The lowest BCUT2D eigenvalue weighted by Gasteiger charge is -2.28. The first-order valence-electron chi connectivity index (χ1n) is 33.9. The van der Waals surface area contributed by atoms with Gasteiger partial charge in [-0.05, 0) is 116 Å². The second-order valence-corrected chi connectivity index (χ2v) is 24.9. The van der Waals surface area contributed by atoms with Crippen molar-refractivity contribution in [2.75, 3.05) is 47.5 Å². The number of unbranched alkanes of at least 4 members (excludes halogenated alkanes) is 25. The topological polar surface area (TPSA) is 111 Å². The maximum atomic E-state index is 12.9. The first-order chi connectivity index (χ1) is 41.0. The lowest BCUT2D eigenvalue weighted by Crippen LogP contribution is -2.37. The Bertz CT molecular complexity index is 1880. The van der Waals surface area contributed by atoms with E-state index in [0.717, 1.165) is 116 Å². The highest BCUT2D eigenvalue weighted by atomic mass is 31.2. The lowest BCUT2D eigenvalue weighted by molar-refractivity contribution is -0.870. The molecule has 0 rings (SSSR count). The van der Waals surface area contributed by atoms with Crippen molar-refractivity contribution in [2.24, 2.45) is 0 Å². The van der Waals surface area contributed by atoms with Crippen LogP contribution in [0.4, 0.5) is 0 Å². The van der Waals surface area contributed by atoms with Crippen LogP contribution in [0.1, 0.15) is 271 Å². The van der Waals surface area contributed by atoms with Gasteiger partial charge in [-0.2, -0.15) is 0 Å². The quantitative estimate of drug-likeness (QED) is 0.0195. The molecule has 0 radical (unpaired) electrons. The molecule has 0 saturated heterocycles. The van der Waals surface area contributed by atoms with E-state index < -0.39 is 26.5 Å². The molecule has 0 heterocycles. The van der Waals surface area contributed by atoms with Crippen LogP contribution in [-0.2, 0) is 32.7 Å². The van der Waals surface area contributed by atoms with Crippen LogP contribution in [0.3, 0.4) is 0 Å². The van der Waals surface area contributed by atoms with Crippen LogP contribution in [0.25, 0.3) is 0 Å². The Labute approximate surface area is 517 Å². The SMILES string of the molecule is CC/C=C\C/C=C\C/C=C\C/C=C\C/C=C\C/C=C\C/C=C\C/C=C\C/C=C\CCCCCCCCCC(=O)OC(COC(=O)CCCCCCCCCCCCCCC/C=C\C/C=C\CCCCCCC)COP(=O)([O-])OCC[N+](C)(C)C. The summed E-state index contributed by atoms with van der Waals surface area (Å²) < 4.78 is 34.3. The van der Waals surface area contributed by atoms with E-state index in [2.05, 4.69) is 148 Å². The number of hydrogen-bond donors (Lipinski definition) is 0. The molecule has 0 aliphatic heterocycles. The fourth-order valence-electron chi connectivity index (χ4n) is 8.97. The average molecular weight is 1190 g/mol. The molecule has 2 unspecified atom stereocenters. The molecule has 0 saturated carbocycles. The summed E-state index contributed by atoms with van der Waals surface area (Å²) in [6, 6.07) is 0. The van der Waals surface area contributed by atoms with Crippen molar-refractivity contribution in [2.45, 2.75) is 277 Å². The first kappa shape index (κ1) is 80.2. The van der Waals surface area contributed by atoms with Gasteiger partial charge in [0.05, 0.1) is 27.7 Å². The number of phosphoric acid groups is 1. The Hall–Kier alpha value is -3.85. The third kappa shape index (κ3) is 67.3. The molecule has 0 aromatic carbocycles. The summed E-state index contributed by atoms with van der Waals surface area (Å²) in [6.45, 7) is 4.11. The predicted molar refractivity (Wildman–Crippen MR) is 360 cm³/mol. The van der Waals surface area contributed by atoms with E-state index in [-0.39, 0.29) is 32.0 Å². The van der Waals surface area contributed by atoms with Crippen molar-refractivity contribution in [1.82, 2.24) is 0 Å². The standard InChI is InChI=1S/C74H126NO8P/c1-6-8-10-12-14-16-18-20-22-24-26-28-30-32-33-34-35-36-37-38-39-40-41-43-45-47-49-51-53-55-57-59-61-63-65-67-74(77)83-72(71-82-84(78,79)81-69-68-75(3,4)5)70-80-73(76)66-64-62-60-58-56-54-52-50-48-46-44-42-31-29-27-25-23-21-19-17-15-13-11-9-7-2/h8,10,14,16,19-22,25-28,32-33,35-36,38-39,41,43,47,49,72H,6-7,9,11-13,15,17-18,23-24,29-31,34,37,40,42,44-46,48,50-71H2,1-5H3/b10-8-,16-14-,21-19-,22-20-,27-25-,28-26-,33-32-,36-35-,39-38-,43-41-,49-47-. The molecule has 84 heavy (non-hydrogen) atoms. The van der Waals surface area contributed by atoms with E-state index in [0.29, 0.717) is 17.4 Å². The molecule has 0 aromatic rings. The lowest BCUT2D eigenvalue weighted by atomic mass is 10.0.